The molecule has 1 aliphatic rings. The van der Waals surface area contributed by atoms with Gasteiger partial charge in [0, 0.05) is 44.7 Å². The summed E-state index contributed by atoms with van der Waals surface area (Å²) < 4.78 is 5.76. The Bertz CT molecular complexity index is 2350. The van der Waals surface area contributed by atoms with Crippen LogP contribution in [0.25, 0.3) is 0 Å². The summed E-state index contributed by atoms with van der Waals surface area (Å²) in [4.78, 5) is 165. The molecule has 1 fully saturated rings. The van der Waals surface area contributed by atoms with Crippen LogP contribution in [0.2, 0.25) is 0 Å². The first kappa shape index (κ1) is 70.2. The zero-order chi connectivity index (χ0) is 61.6. The molecule has 0 bridgehead atoms. The van der Waals surface area contributed by atoms with Crippen molar-refractivity contribution in [2.75, 3.05) is 20.6 Å². The number of nitrogens with zero attached hydrogens (tertiary/aromatic N) is 2. The fraction of sp³-hybridized carbons (Fsp3) is 0.667. The normalized spacial score (nSPS) is 26.6. The monoisotopic (exact) mass is 1160 g/mol. The van der Waals surface area contributed by atoms with Crippen LogP contribution in [0, 0.1) is 29.6 Å². The third-order valence-corrected chi connectivity index (χ3v) is 14.9. The summed E-state index contributed by atoms with van der Waals surface area (Å²) in [6.45, 7) is 14.9. The molecule has 0 spiro atoms. The van der Waals surface area contributed by atoms with Crippen molar-refractivity contribution < 1.29 is 72.5 Å². The fourth-order valence-corrected chi connectivity index (χ4v) is 9.19. The molecule has 1 aromatic rings. The Morgan fingerprint density at radius 1 is 0.827 bits per heavy atom. The van der Waals surface area contributed by atoms with Crippen LogP contribution >= 0.6 is 11.6 Å². The first-order valence-electron chi connectivity index (χ1n) is 27.2. The molecule has 1 saturated heterocycles. The number of cyclic esters (lactones) is 1. The number of amides is 11. The maximum Gasteiger partial charge on any atom is 0.338 e. The number of primary amides is 1. The van der Waals surface area contributed by atoms with E-state index in [9.17, 15) is 67.7 Å². The largest absolute Gasteiger partial charge is 0.459 e. The molecule has 0 unspecified atom stereocenters. The molecule has 1 aliphatic heterocycles. The molecule has 81 heavy (non-hydrogen) atoms. The Hall–Kier alpha value is -6.93. The number of nitrogens with two attached hydrogens (primary N) is 1. The van der Waals surface area contributed by atoms with E-state index in [1.807, 2.05) is 0 Å². The highest BCUT2D eigenvalue weighted by Gasteiger charge is 2.41. The second-order valence-corrected chi connectivity index (χ2v) is 22.0. The van der Waals surface area contributed by atoms with Crippen LogP contribution in [-0.4, -0.2) is 178 Å². The number of urea groups is 1. The van der Waals surface area contributed by atoms with Crippen LogP contribution in [-0.2, 0) is 63.9 Å². The molecule has 26 nitrogen and oxygen atoms in total. The van der Waals surface area contributed by atoms with Gasteiger partial charge in [0.2, 0.25) is 53.7 Å². The lowest BCUT2D eigenvalue weighted by atomic mass is 9.82. The van der Waals surface area contributed by atoms with Crippen molar-refractivity contribution in [2.45, 2.75) is 180 Å². The summed E-state index contributed by atoms with van der Waals surface area (Å²) in [5, 5.41) is 40.0. The number of carbonyl (C=O) groups excluding carboxylic acids is 12. The molecule has 1 heterocycles. The van der Waals surface area contributed by atoms with Crippen molar-refractivity contribution in [3.05, 3.63) is 35.9 Å². The Labute approximate surface area is 478 Å². The second-order valence-electron chi connectivity index (χ2n) is 21.3. The Balaban J connectivity index is 2.85. The predicted octanol–water partition coefficient (Wildman–Crippen LogP) is -0.803. The minimum Gasteiger partial charge on any atom is -0.459 e. The SMILES string of the molecule is CC[C@@H](C)[C@@H](NC=O)C(=O)N[C@@H]1[C@@H](O)CC(=O)NN(C)C(=O)N(C)[C@@H]([C@@H](C)CC)C(=O)C[C@@H]([C@@H](C)[C@H](C)Cl)C(=O)N[C@@H](CCC(N)=O)C(=O)N[C@@H]([C@H](C)O)C(=O)N[C@@H](Cc2ccccc2)C(=O)NCC(=O)N[C@@H](C(C)C)C(=O)O[C@@H]1C. The predicted molar refractivity (Wildman–Crippen MR) is 296 cm³/mol. The van der Waals surface area contributed by atoms with E-state index in [-0.39, 0.29) is 6.42 Å². The van der Waals surface area contributed by atoms with E-state index >= 15 is 0 Å². The van der Waals surface area contributed by atoms with Gasteiger partial charge in [-0.15, -0.1) is 11.6 Å². The summed E-state index contributed by atoms with van der Waals surface area (Å²) in [5.41, 5.74) is 8.34. The lowest BCUT2D eigenvalue weighted by Gasteiger charge is -2.36. The number of aliphatic hydroxyl groups excluding tert-OH is 2. The number of alkyl halides is 1. The zero-order valence-electron chi connectivity index (χ0n) is 48.4. The molecule has 11 amide bonds. The van der Waals surface area contributed by atoms with E-state index in [4.69, 9.17) is 22.1 Å². The van der Waals surface area contributed by atoms with E-state index in [1.54, 1.807) is 85.7 Å². The van der Waals surface area contributed by atoms with Crippen molar-refractivity contribution in [3.63, 3.8) is 0 Å². The van der Waals surface area contributed by atoms with Gasteiger partial charge >= 0.3 is 12.0 Å². The van der Waals surface area contributed by atoms with Crippen molar-refractivity contribution in [1.29, 1.82) is 0 Å². The number of halogens is 1. The summed E-state index contributed by atoms with van der Waals surface area (Å²) in [6.07, 6.45) is -6.35. The molecule has 1 aromatic carbocycles. The molecule has 0 aliphatic carbocycles. The maximum atomic E-state index is 14.6. The van der Waals surface area contributed by atoms with Crippen molar-refractivity contribution in [3.8, 4) is 0 Å². The first-order chi connectivity index (χ1) is 37.9. The Morgan fingerprint density at radius 3 is 1.99 bits per heavy atom. The number of hydrazine groups is 1. The first-order valence-corrected chi connectivity index (χ1v) is 27.7. The smallest absolute Gasteiger partial charge is 0.338 e. The van der Waals surface area contributed by atoms with E-state index in [2.05, 4.69) is 42.6 Å². The molecule has 12 N–H and O–H groups in total. The molecule has 0 aromatic heterocycles. The van der Waals surface area contributed by atoms with E-state index < -0.39 is 193 Å². The van der Waals surface area contributed by atoms with Crippen molar-refractivity contribution >= 4 is 83.1 Å². The molecule has 2 rings (SSSR count). The number of esters is 1. The number of ketones is 1. The highest BCUT2D eigenvalue weighted by molar-refractivity contribution is 6.20. The average molecular weight is 1160 g/mol. The van der Waals surface area contributed by atoms with Gasteiger partial charge in [-0.05, 0) is 56.4 Å². The van der Waals surface area contributed by atoms with Gasteiger partial charge in [0.15, 0.2) is 5.78 Å². The maximum absolute atomic E-state index is 14.6. The van der Waals surface area contributed by atoms with Crippen LogP contribution in [0.5, 0.6) is 0 Å². The lowest BCUT2D eigenvalue weighted by molar-refractivity contribution is -0.157. The van der Waals surface area contributed by atoms with E-state index in [1.165, 1.54) is 27.9 Å². The van der Waals surface area contributed by atoms with Gasteiger partial charge in [-0.25, -0.2) is 14.6 Å². The number of benzene rings is 1. The molecule has 0 saturated carbocycles. The van der Waals surface area contributed by atoms with Gasteiger partial charge in [0.05, 0.1) is 37.3 Å². The van der Waals surface area contributed by atoms with Gasteiger partial charge in [0.1, 0.15) is 36.3 Å². The number of rotatable bonds is 17. The standard InChI is InChI=1S/C54H86ClN11O15/c1-13-28(5)44(58-26-67)51(77)63-46-33(10)81-53(79)43(27(3)4)61-42(73)25-57-49(75)37(22-34-18-16-15-17-19-34)60-52(78)45(32(9)68)62-50(76)36(20-21-40(56)71)59-48(74)35(30(7)31(8)55)23-39(70)47(29(6)14-2)65(11)54(80)66(12)64-41(72)24-38(46)69/h15-19,26-33,35-38,43-47,68-69H,13-14,20-25H2,1-12H3,(H2,56,71)(H,57,75)(H,58,67)(H,59,74)(H,60,78)(H,61,73)(H,62,76)(H,63,77)(H,64,72)/t28-,29+,30+,31+,32+,33-,35+,36+,37+,38+,43+,44-,45+,46+,47+/m1/s1. The molecule has 454 valence electrons. The van der Waals surface area contributed by atoms with Gasteiger partial charge in [-0.1, -0.05) is 91.6 Å². The summed E-state index contributed by atoms with van der Waals surface area (Å²) in [6, 6.07) is -2.88. The van der Waals surface area contributed by atoms with Crippen molar-refractivity contribution in [1.82, 2.24) is 52.6 Å². The number of likely N-dealkylation sites (N-methyl/N-ethyl adjacent to an activating group) is 1. The minimum atomic E-state index is -1.86. The third kappa shape index (κ3) is 21.8. The molecule has 0 radical (unpaired) electrons. The van der Waals surface area contributed by atoms with Crippen LogP contribution in [0.1, 0.15) is 113 Å². The van der Waals surface area contributed by atoms with Gasteiger partial charge in [0.25, 0.3) is 0 Å². The number of Topliss-reactive ketones (excluding diaryl/α,β-unsaturated/α-hetero) is 1. The quantitative estimate of drug-likeness (QED) is 0.0517. The van der Waals surface area contributed by atoms with Crippen LogP contribution < -0.4 is 48.4 Å². The number of carbonyl (C=O) groups is 12. The number of hydrogen-bond donors (Lipinski definition) is 11. The number of nitrogens with one attached hydrogen (secondary N) is 8. The van der Waals surface area contributed by atoms with Gasteiger partial charge < -0.3 is 62.8 Å². The average Bonchev–Trinajstić information content (AvgIpc) is 3.40. The third-order valence-electron chi connectivity index (χ3n) is 14.5. The van der Waals surface area contributed by atoms with E-state index in [0.717, 1.165) is 9.91 Å². The summed E-state index contributed by atoms with van der Waals surface area (Å²) in [7, 11) is 2.46. The number of ether oxygens (including phenoxy) is 1. The molecular formula is C54H86ClN11O15. The summed E-state index contributed by atoms with van der Waals surface area (Å²) in [5.74, 6) is -13.0. The van der Waals surface area contributed by atoms with Crippen LogP contribution in [0.3, 0.4) is 0 Å². The van der Waals surface area contributed by atoms with Gasteiger partial charge in [-0.2, -0.15) is 0 Å². The topological polar surface area (TPSA) is 383 Å². The highest BCUT2D eigenvalue weighted by Crippen LogP contribution is 2.28. The van der Waals surface area contributed by atoms with Crippen LogP contribution in [0.4, 0.5) is 4.79 Å². The Morgan fingerprint density at radius 2 is 1.44 bits per heavy atom. The Kier molecular flexibility index (Phi) is 29.2. The molecule has 27 heteroatoms. The number of aliphatic hydroxyl groups is 2. The highest BCUT2D eigenvalue weighted by atomic mass is 35.5. The fourth-order valence-electron chi connectivity index (χ4n) is 9.01. The zero-order valence-corrected chi connectivity index (χ0v) is 49.2. The van der Waals surface area contributed by atoms with E-state index in [0.29, 0.717) is 24.8 Å². The molecule has 15 atom stereocenters. The number of hydrogen-bond acceptors (Lipinski definition) is 15. The minimum absolute atomic E-state index is 0.180. The molecular weight excluding hydrogens is 1080 g/mol. The van der Waals surface area contributed by atoms with Crippen LogP contribution in [0.15, 0.2) is 30.3 Å². The van der Waals surface area contributed by atoms with Gasteiger partial charge in [-0.3, -0.25) is 53.4 Å². The lowest BCUT2D eigenvalue weighted by Crippen LogP contribution is -2.61. The van der Waals surface area contributed by atoms with Crippen molar-refractivity contribution in [2.24, 2.45) is 35.3 Å². The summed E-state index contributed by atoms with van der Waals surface area (Å²) >= 11 is 6.56. The second kappa shape index (κ2) is 33.7.